The minimum Gasteiger partial charge on any atom is -0.449 e. The predicted octanol–water partition coefficient (Wildman–Crippen LogP) is 4.33. The van der Waals surface area contributed by atoms with E-state index in [1.54, 1.807) is 12.1 Å². The van der Waals surface area contributed by atoms with Gasteiger partial charge in [0, 0.05) is 17.3 Å². The van der Waals surface area contributed by atoms with Crippen LogP contribution in [0.4, 0.5) is 10.1 Å². The first kappa shape index (κ1) is 19.4. The molecule has 0 radical (unpaired) electrons. The number of carbonyl (C=O) groups is 2. The zero-order valence-electron chi connectivity index (χ0n) is 15.3. The lowest BCUT2D eigenvalue weighted by atomic mass is 10.0. The fourth-order valence-electron chi connectivity index (χ4n) is 2.64. The Morgan fingerprint density at radius 1 is 1.12 bits per heavy atom. The summed E-state index contributed by atoms with van der Waals surface area (Å²) >= 11 is 0. The molecule has 0 aliphatic carbocycles. The van der Waals surface area contributed by atoms with E-state index in [-0.39, 0.29) is 5.56 Å². The lowest BCUT2D eigenvalue weighted by molar-refractivity contribution is -0.148. The second kappa shape index (κ2) is 8.43. The summed E-state index contributed by atoms with van der Waals surface area (Å²) in [5.74, 6) is -1.58. The SMILES string of the molecule is Cc1cc(C)c(NC(=O)C(C)OC(=O)/C=C/c2ccccc2F)c(C)c1. The van der Waals surface area contributed by atoms with E-state index in [0.29, 0.717) is 5.69 Å². The molecule has 5 heteroatoms. The normalized spacial score (nSPS) is 12.0. The molecule has 0 bridgehead atoms. The van der Waals surface area contributed by atoms with Crippen LogP contribution in [0.3, 0.4) is 0 Å². The molecule has 136 valence electrons. The molecule has 0 aromatic heterocycles. The molecule has 0 spiro atoms. The van der Waals surface area contributed by atoms with E-state index in [9.17, 15) is 14.0 Å². The molecule has 2 aromatic carbocycles. The van der Waals surface area contributed by atoms with Crippen LogP contribution >= 0.6 is 0 Å². The van der Waals surface area contributed by atoms with Crippen LogP contribution in [0.2, 0.25) is 0 Å². The first-order valence-corrected chi connectivity index (χ1v) is 8.30. The Bertz CT molecular complexity index is 835. The van der Waals surface area contributed by atoms with Crippen molar-refractivity contribution in [3.8, 4) is 0 Å². The van der Waals surface area contributed by atoms with Crippen molar-refractivity contribution in [2.24, 2.45) is 0 Å². The van der Waals surface area contributed by atoms with Crippen molar-refractivity contribution in [1.82, 2.24) is 0 Å². The van der Waals surface area contributed by atoms with Gasteiger partial charge in [-0.1, -0.05) is 35.9 Å². The summed E-state index contributed by atoms with van der Waals surface area (Å²) < 4.78 is 18.6. The van der Waals surface area contributed by atoms with Crippen LogP contribution in [0.25, 0.3) is 6.08 Å². The van der Waals surface area contributed by atoms with Crippen molar-refractivity contribution in [3.05, 3.63) is 70.5 Å². The Balaban J connectivity index is 1.99. The maximum absolute atomic E-state index is 13.5. The van der Waals surface area contributed by atoms with Crippen LogP contribution in [0.15, 0.2) is 42.5 Å². The molecule has 1 amide bonds. The monoisotopic (exact) mass is 355 g/mol. The summed E-state index contributed by atoms with van der Waals surface area (Å²) in [6.45, 7) is 7.29. The number of hydrogen-bond acceptors (Lipinski definition) is 3. The Hall–Kier alpha value is -2.95. The topological polar surface area (TPSA) is 55.4 Å². The van der Waals surface area contributed by atoms with Gasteiger partial charge in [-0.15, -0.1) is 0 Å². The number of aryl methyl sites for hydroxylation is 3. The third-order valence-corrected chi connectivity index (χ3v) is 3.89. The summed E-state index contributed by atoms with van der Waals surface area (Å²) in [5.41, 5.74) is 3.97. The molecule has 0 heterocycles. The van der Waals surface area contributed by atoms with Crippen LogP contribution in [-0.4, -0.2) is 18.0 Å². The largest absolute Gasteiger partial charge is 0.449 e. The zero-order valence-corrected chi connectivity index (χ0v) is 15.3. The number of amides is 1. The predicted molar refractivity (Wildman–Crippen MR) is 100 cm³/mol. The first-order valence-electron chi connectivity index (χ1n) is 8.30. The molecule has 26 heavy (non-hydrogen) atoms. The Kier molecular flexibility index (Phi) is 6.28. The van der Waals surface area contributed by atoms with Crippen LogP contribution in [0, 0.1) is 26.6 Å². The van der Waals surface area contributed by atoms with Gasteiger partial charge in [0.2, 0.25) is 0 Å². The highest BCUT2D eigenvalue weighted by atomic mass is 19.1. The van der Waals surface area contributed by atoms with Gasteiger partial charge in [-0.3, -0.25) is 4.79 Å². The van der Waals surface area contributed by atoms with Gasteiger partial charge in [0.1, 0.15) is 5.82 Å². The average Bonchev–Trinajstić information content (AvgIpc) is 2.57. The molecular formula is C21H22FNO3. The number of anilines is 1. The van der Waals surface area contributed by atoms with Crippen molar-refractivity contribution in [2.75, 3.05) is 5.32 Å². The van der Waals surface area contributed by atoms with Crippen LogP contribution in [0.5, 0.6) is 0 Å². The molecule has 0 saturated carbocycles. The number of halogens is 1. The summed E-state index contributed by atoms with van der Waals surface area (Å²) in [5, 5.41) is 2.79. The molecule has 0 aliphatic rings. The Labute approximate surface area is 152 Å². The fraction of sp³-hybridized carbons (Fsp3) is 0.238. The van der Waals surface area contributed by atoms with Gasteiger partial charge in [0.25, 0.3) is 5.91 Å². The molecule has 4 nitrogen and oxygen atoms in total. The van der Waals surface area contributed by atoms with Crippen LogP contribution < -0.4 is 5.32 Å². The van der Waals surface area contributed by atoms with E-state index >= 15 is 0 Å². The lowest BCUT2D eigenvalue weighted by Gasteiger charge is -2.16. The van der Waals surface area contributed by atoms with E-state index in [4.69, 9.17) is 4.74 Å². The fourth-order valence-corrected chi connectivity index (χ4v) is 2.64. The number of benzene rings is 2. The van der Waals surface area contributed by atoms with Crippen molar-refractivity contribution in [2.45, 2.75) is 33.8 Å². The van der Waals surface area contributed by atoms with E-state index in [1.165, 1.54) is 25.1 Å². The number of rotatable bonds is 5. The zero-order chi connectivity index (χ0) is 19.3. The highest BCUT2D eigenvalue weighted by molar-refractivity contribution is 5.97. The molecule has 2 rings (SSSR count). The molecule has 2 aromatic rings. The van der Waals surface area contributed by atoms with E-state index in [2.05, 4.69) is 5.32 Å². The van der Waals surface area contributed by atoms with E-state index in [0.717, 1.165) is 22.8 Å². The number of nitrogens with one attached hydrogen (secondary N) is 1. The number of hydrogen-bond donors (Lipinski definition) is 1. The minimum atomic E-state index is -0.979. The highest BCUT2D eigenvalue weighted by Gasteiger charge is 2.18. The number of esters is 1. The second-order valence-corrected chi connectivity index (χ2v) is 6.20. The summed E-state index contributed by atoms with van der Waals surface area (Å²) in [7, 11) is 0. The Morgan fingerprint density at radius 3 is 2.35 bits per heavy atom. The second-order valence-electron chi connectivity index (χ2n) is 6.20. The molecule has 1 unspecified atom stereocenters. The average molecular weight is 355 g/mol. The lowest BCUT2D eigenvalue weighted by Crippen LogP contribution is -2.30. The maximum atomic E-state index is 13.5. The first-order chi connectivity index (χ1) is 12.3. The van der Waals surface area contributed by atoms with E-state index in [1.807, 2.05) is 32.9 Å². The molecule has 1 N–H and O–H groups in total. The standard InChI is InChI=1S/C21H22FNO3/c1-13-11-14(2)20(15(3)12-13)23-21(25)16(4)26-19(24)10-9-17-7-5-6-8-18(17)22/h5-12,16H,1-4H3,(H,23,25)/b10-9+. The van der Waals surface area contributed by atoms with Gasteiger partial charge in [0.15, 0.2) is 6.10 Å². The van der Waals surface area contributed by atoms with Gasteiger partial charge in [0.05, 0.1) is 0 Å². The van der Waals surface area contributed by atoms with Crippen molar-refractivity contribution < 1.29 is 18.7 Å². The van der Waals surface area contributed by atoms with Crippen LogP contribution in [0.1, 0.15) is 29.2 Å². The van der Waals surface area contributed by atoms with Crippen molar-refractivity contribution in [1.29, 1.82) is 0 Å². The third kappa shape index (κ3) is 5.02. The minimum absolute atomic E-state index is 0.271. The van der Waals surface area contributed by atoms with E-state index < -0.39 is 23.8 Å². The molecular weight excluding hydrogens is 333 g/mol. The summed E-state index contributed by atoms with van der Waals surface area (Å²) in [4.78, 5) is 24.2. The van der Waals surface area contributed by atoms with Gasteiger partial charge < -0.3 is 10.1 Å². The molecule has 1 atom stereocenters. The molecule has 0 saturated heterocycles. The number of ether oxygens (including phenoxy) is 1. The Morgan fingerprint density at radius 2 is 1.73 bits per heavy atom. The van der Waals surface area contributed by atoms with Gasteiger partial charge in [-0.2, -0.15) is 0 Å². The summed E-state index contributed by atoms with van der Waals surface area (Å²) in [6, 6.07) is 10.0. The maximum Gasteiger partial charge on any atom is 0.331 e. The summed E-state index contributed by atoms with van der Waals surface area (Å²) in [6.07, 6.45) is 1.44. The quantitative estimate of drug-likeness (QED) is 0.641. The third-order valence-electron chi connectivity index (χ3n) is 3.89. The molecule has 0 fully saturated rings. The van der Waals surface area contributed by atoms with Gasteiger partial charge in [-0.05, 0) is 51.0 Å². The van der Waals surface area contributed by atoms with Crippen molar-refractivity contribution >= 4 is 23.6 Å². The molecule has 0 aliphatic heterocycles. The number of carbonyl (C=O) groups excluding carboxylic acids is 2. The smallest absolute Gasteiger partial charge is 0.331 e. The highest BCUT2D eigenvalue weighted by Crippen LogP contribution is 2.22. The van der Waals surface area contributed by atoms with Gasteiger partial charge >= 0.3 is 5.97 Å². The van der Waals surface area contributed by atoms with Crippen LogP contribution in [-0.2, 0) is 14.3 Å². The van der Waals surface area contributed by atoms with Gasteiger partial charge in [-0.25, -0.2) is 9.18 Å². The van der Waals surface area contributed by atoms with Crippen molar-refractivity contribution in [3.63, 3.8) is 0 Å².